The zero-order chi connectivity index (χ0) is 9.26. The van der Waals surface area contributed by atoms with Crippen LogP contribution in [0.4, 0.5) is 5.95 Å². The van der Waals surface area contributed by atoms with Gasteiger partial charge in [0.05, 0.1) is 12.7 Å². The Labute approximate surface area is 78.3 Å². The highest BCUT2D eigenvalue weighted by molar-refractivity contribution is 7.71. The number of aromatic amines is 1. The van der Waals surface area contributed by atoms with Crippen molar-refractivity contribution in [2.45, 2.75) is 6.54 Å². The van der Waals surface area contributed by atoms with E-state index in [1.54, 1.807) is 16.8 Å². The molecule has 7 heteroatoms. The van der Waals surface area contributed by atoms with Crippen molar-refractivity contribution in [3.63, 3.8) is 0 Å². The van der Waals surface area contributed by atoms with Gasteiger partial charge in [-0.2, -0.15) is 0 Å². The molecule has 2 rings (SSSR count). The number of anilines is 1. The number of nitrogens with zero attached hydrogens (tertiary/aromatic N) is 3. The highest BCUT2D eigenvalue weighted by atomic mass is 32.1. The number of hydrogen-bond acceptors (Lipinski definition) is 5. The topological polar surface area (TPSA) is 85.7 Å². The quantitative estimate of drug-likeness (QED) is 0.687. The predicted molar refractivity (Wildman–Crippen MR) is 47.4 cm³/mol. The van der Waals surface area contributed by atoms with Crippen LogP contribution in [0, 0.1) is 4.77 Å². The van der Waals surface area contributed by atoms with Gasteiger partial charge >= 0.3 is 0 Å². The highest BCUT2D eigenvalue weighted by Crippen LogP contribution is 2.05. The Morgan fingerprint density at radius 3 is 3.08 bits per heavy atom. The molecule has 0 aliphatic rings. The molecule has 2 heterocycles. The lowest BCUT2D eigenvalue weighted by atomic mass is 10.4. The molecule has 3 N–H and O–H groups in total. The van der Waals surface area contributed by atoms with Gasteiger partial charge in [-0.1, -0.05) is 5.16 Å². The Morgan fingerprint density at radius 2 is 2.54 bits per heavy atom. The molecular formula is C6H7N5OS. The summed E-state index contributed by atoms with van der Waals surface area (Å²) in [4.78, 5) is 0. The van der Waals surface area contributed by atoms with Gasteiger partial charge in [0.25, 0.3) is 0 Å². The van der Waals surface area contributed by atoms with Gasteiger partial charge in [-0.05, 0) is 12.2 Å². The number of hydrogen-bond donors (Lipinski definition) is 2. The van der Waals surface area contributed by atoms with Crippen LogP contribution in [-0.2, 0) is 6.54 Å². The summed E-state index contributed by atoms with van der Waals surface area (Å²) >= 11 is 4.95. The number of nitrogen functional groups attached to an aromatic ring is 1. The summed E-state index contributed by atoms with van der Waals surface area (Å²) in [5.41, 5.74) is 5.55. The molecular weight excluding hydrogens is 190 g/mol. The molecule has 0 amide bonds. The lowest BCUT2D eigenvalue weighted by Gasteiger charge is -1.97. The van der Waals surface area contributed by atoms with Gasteiger partial charge in [0, 0.05) is 6.07 Å². The van der Waals surface area contributed by atoms with E-state index in [1.165, 1.54) is 0 Å². The van der Waals surface area contributed by atoms with Gasteiger partial charge in [-0.25, -0.2) is 5.10 Å². The van der Waals surface area contributed by atoms with E-state index < -0.39 is 0 Å². The van der Waals surface area contributed by atoms with Crippen LogP contribution in [-0.4, -0.2) is 19.9 Å². The number of nitrogens with two attached hydrogens (primary N) is 1. The Bertz CT molecular complexity index is 442. The third kappa shape index (κ3) is 1.45. The first-order valence-corrected chi connectivity index (χ1v) is 3.98. The molecule has 0 fully saturated rings. The van der Waals surface area contributed by atoms with Gasteiger partial charge in [-0.15, -0.1) is 5.10 Å². The largest absolute Gasteiger partial charge is 0.368 e. The maximum atomic E-state index is 5.55. The van der Waals surface area contributed by atoms with E-state index in [4.69, 9.17) is 22.5 Å². The van der Waals surface area contributed by atoms with Crippen molar-refractivity contribution in [3.05, 3.63) is 22.8 Å². The van der Waals surface area contributed by atoms with Crippen LogP contribution >= 0.6 is 12.2 Å². The van der Waals surface area contributed by atoms with Crippen molar-refractivity contribution in [1.82, 2.24) is 19.9 Å². The van der Waals surface area contributed by atoms with Crippen LogP contribution in [0.25, 0.3) is 0 Å². The molecule has 13 heavy (non-hydrogen) atoms. The minimum absolute atomic E-state index is 0.335. The summed E-state index contributed by atoms with van der Waals surface area (Å²) in [7, 11) is 0. The Kier molecular flexibility index (Phi) is 1.85. The maximum Gasteiger partial charge on any atom is 0.220 e. The van der Waals surface area contributed by atoms with Gasteiger partial charge in [0.15, 0.2) is 10.5 Å². The predicted octanol–water partition coefficient (Wildman–Crippen LogP) is 0.559. The third-order valence-electron chi connectivity index (χ3n) is 1.59. The number of H-pyrrole nitrogens is 1. The first-order valence-electron chi connectivity index (χ1n) is 3.57. The smallest absolute Gasteiger partial charge is 0.220 e. The average molecular weight is 197 g/mol. The van der Waals surface area contributed by atoms with Gasteiger partial charge in [0.1, 0.15) is 0 Å². The number of rotatable bonds is 2. The van der Waals surface area contributed by atoms with Crippen LogP contribution in [0.1, 0.15) is 5.76 Å². The minimum Gasteiger partial charge on any atom is -0.368 e. The first-order chi connectivity index (χ1) is 6.27. The average Bonchev–Trinajstić information content (AvgIpc) is 2.70. The van der Waals surface area contributed by atoms with E-state index in [2.05, 4.69) is 15.4 Å². The monoisotopic (exact) mass is 197 g/mol. The molecule has 0 radical (unpaired) electrons. The van der Waals surface area contributed by atoms with Crippen molar-refractivity contribution in [2.24, 2.45) is 0 Å². The summed E-state index contributed by atoms with van der Waals surface area (Å²) < 4.78 is 6.99. The van der Waals surface area contributed by atoms with Crippen molar-refractivity contribution < 1.29 is 4.52 Å². The number of aromatic nitrogens is 4. The molecule has 0 aliphatic carbocycles. The molecule has 0 bridgehead atoms. The fourth-order valence-electron chi connectivity index (χ4n) is 0.962. The van der Waals surface area contributed by atoms with Crippen LogP contribution in [0.5, 0.6) is 0 Å². The molecule has 68 valence electrons. The van der Waals surface area contributed by atoms with Crippen molar-refractivity contribution >= 4 is 18.2 Å². The van der Waals surface area contributed by atoms with E-state index in [0.29, 0.717) is 23.0 Å². The maximum absolute atomic E-state index is 5.55. The second-order valence-corrected chi connectivity index (χ2v) is 2.84. The van der Waals surface area contributed by atoms with Crippen molar-refractivity contribution in [2.75, 3.05) is 5.73 Å². The molecule has 0 aromatic carbocycles. The Balaban J connectivity index is 2.33. The second kappa shape index (κ2) is 3.02. The Morgan fingerprint density at radius 1 is 1.69 bits per heavy atom. The molecule has 0 spiro atoms. The Hall–Kier alpha value is -1.63. The van der Waals surface area contributed by atoms with Crippen molar-refractivity contribution in [3.8, 4) is 0 Å². The van der Waals surface area contributed by atoms with Crippen LogP contribution < -0.4 is 5.73 Å². The minimum atomic E-state index is 0.335. The molecule has 0 unspecified atom stereocenters. The molecule has 2 aromatic heterocycles. The molecule has 6 nitrogen and oxygen atoms in total. The zero-order valence-corrected chi connectivity index (χ0v) is 7.41. The normalized spacial score (nSPS) is 10.5. The summed E-state index contributed by atoms with van der Waals surface area (Å²) in [5, 5.41) is 9.90. The summed E-state index contributed by atoms with van der Waals surface area (Å²) in [6, 6.07) is 1.74. The van der Waals surface area contributed by atoms with Gasteiger partial charge in [0.2, 0.25) is 5.95 Å². The molecule has 2 aromatic rings. The van der Waals surface area contributed by atoms with E-state index in [1.807, 2.05) is 0 Å². The highest BCUT2D eigenvalue weighted by Gasteiger charge is 2.04. The van der Waals surface area contributed by atoms with Crippen LogP contribution in [0.2, 0.25) is 0 Å². The molecule has 0 saturated heterocycles. The summed E-state index contributed by atoms with van der Waals surface area (Å²) in [6.07, 6.45) is 1.56. The zero-order valence-electron chi connectivity index (χ0n) is 6.60. The lowest BCUT2D eigenvalue weighted by Crippen LogP contribution is -2.03. The molecule has 0 atom stereocenters. The van der Waals surface area contributed by atoms with E-state index >= 15 is 0 Å². The van der Waals surface area contributed by atoms with Crippen LogP contribution in [0.15, 0.2) is 16.8 Å². The fourth-order valence-corrected chi connectivity index (χ4v) is 1.17. The van der Waals surface area contributed by atoms with Crippen molar-refractivity contribution in [1.29, 1.82) is 0 Å². The molecule has 0 saturated carbocycles. The number of nitrogens with one attached hydrogen (secondary N) is 1. The second-order valence-electron chi connectivity index (χ2n) is 2.45. The van der Waals surface area contributed by atoms with Crippen LogP contribution in [0.3, 0.4) is 0 Å². The SMILES string of the molecule is Nc1n[nH]c(=S)n1Cc1ccno1. The van der Waals surface area contributed by atoms with Gasteiger partial charge in [-0.3, -0.25) is 4.57 Å². The lowest BCUT2D eigenvalue weighted by molar-refractivity contribution is 0.376. The first kappa shape index (κ1) is 7.99. The summed E-state index contributed by atoms with van der Waals surface area (Å²) in [6.45, 7) is 0.446. The third-order valence-corrected chi connectivity index (χ3v) is 1.90. The fraction of sp³-hybridized carbons (Fsp3) is 0.167. The van der Waals surface area contributed by atoms with E-state index in [0.717, 1.165) is 0 Å². The summed E-state index contributed by atoms with van der Waals surface area (Å²) in [5.74, 6) is 1.02. The van der Waals surface area contributed by atoms with Gasteiger partial charge < -0.3 is 10.3 Å². The standard InChI is InChI=1S/C6H7N5OS/c7-5-9-10-6(13)11(5)3-4-1-2-8-12-4/h1-2H,3H2,(H2,7,9)(H,10,13). The van der Waals surface area contributed by atoms with E-state index in [-0.39, 0.29) is 0 Å². The van der Waals surface area contributed by atoms with E-state index in [9.17, 15) is 0 Å². The molecule has 0 aliphatic heterocycles.